The molecular weight excluding hydrogens is 368 g/mol. The number of pyridine rings is 1. The lowest BCUT2D eigenvalue weighted by Gasteiger charge is -2.41. The van der Waals surface area contributed by atoms with Crippen molar-refractivity contribution in [2.75, 3.05) is 42.5 Å². The van der Waals surface area contributed by atoms with Crippen LogP contribution < -0.4 is 9.80 Å². The van der Waals surface area contributed by atoms with Crippen molar-refractivity contribution in [3.05, 3.63) is 54.2 Å². The van der Waals surface area contributed by atoms with Gasteiger partial charge >= 0.3 is 0 Å². The van der Waals surface area contributed by atoms with Gasteiger partial charge in [0.05, 0.1) is 5.69 Å². The summed E-state index contributed by atoms with van der Waals surface area (Å²) >= 11 is 0. The molecule has 0 radical (unpaired) electrons. The third-order valence-corrected chi connectivity index (χ3v) is 8.65. The smallest absolute Gasteiger partial charge is 0.152 e. The maximum atomic E-state index is 4.89. The molecule has 0 amide bonds. The van der Waals surface area contributed by atoms with Gasteiger partial charge in [-0.2, -0.15) is 0 Å². The highest BCUT2D eigenvalue weighted by Gasteiger charge is 2.64. The highest BCUT2D eigenvalue weighted by molar-refractivity contribution is 5.69. The molecule has 3 aliphatic rings. The fraction of sp³-hybridized carbons (Fsp3) is 0.577. The van der Waals surface area contributed by atoms with Gasteiger partial charge in [0.15, 0.2) is 5.82 Å². The fourth-order valence-corrected chi connectivity index (χ4v) is 5.91. The van der Waals surface area contributed by atoms with E-state index < -0.39 is 0 Å². The Bertz CT molecular complexity index is 877. The first kappa shape index (κ1) is 19.9. The zero-order valence-electron chi connectivity index (χ0n) is 19.0. The highest BCUT2D eigenvalue weighted by atomic mass is 15.3. The van der Waals surface area contributed by atoms with Gasteiger partial charge in [-0.3, -0.25) is 4.90 Å². The molecule has 1 saturated heterocycles. The summed E-state index contributed by atoms with van der Waals surface area (Å²) in [5.41, 5.74) is 3.59. The van der Waals surface area contributed by atoms with Gasteiger partial charge in [-0.05, 0) is 40.9 Å². The quantitative estimate of drug-likeness (QED) is 0.739. The lowest BCUT2D eigenvalue weighted by Crippen LogP contribution is -2.53. The van der Waals surface area contributed by atoms with Crippen molar-refractivity contribution < 1.29 is 0 Å². The van der Waals surface area contributed by atoms with Crippen LogP contribution in [0.3, 0.4) is 0 Å². The second-order valence-electron chi connectivity index (χ2n) is 10.6. The average molecular weight is 405 g/mol. The Morgan fingerprint density at radius 3 is 2.43 bits per heavy atom. The summed E-state index contributed by atoms with van der Waals surface area (Å²) in [5.74, 6) is 1.94. The number of rotatable bonds is 4. The Morgan fingerprint density at radius 1 is 0.933 bits per heavy atom. The zero-order chi connectivity index (χ0) is 20.9. The van der Waals surface area contributed by atoms with Gasteiger partial charge in [-0.1, -0.05) is 58.0 Å². The van der Waals surface area contributed by atoms with E-state index in [0.29, 0.717) is 16.9 Å². The zero-order valence-corrected chi connectivity index (χ0v) is 19.0. The third kappa shape index (κ3) is 3.30. The number of benzene rings is 1. The lowest BCUT2D eigenvalue weighted by molar-refractivity contribution is 0.211. The number of anilines is 2. The molecule has 2 aromatic rings. The van der Waals surface area contributed by atoms with Crippen molar-refractivity contribution in [3.8, 4) is 0 Å². The first-order chi connectivity index (χ1) is 14.4. The van der Waals surface area contributed by atoms with Gasteiger partial charge in [0, 0.05) is 51.5 Å². The van der Waals surface area contributed by atoms with Crippen molar-refractivity contribution in [1.82, 2.24) is 9.88 Å². The Kier molecular flexibility index (Phi) is 4.81. The molecule has 30 heavy (non-hydrogen) atoms. The largest absolute Gasteiger partial charge is 0.368 e. The van der Waals surface area contributed by atoms with Gasteiger partial charge in [-0.15, -0.1) is 0 Å². The molecule has 1 saturated carbocycles. The molecule has 1 atom stereocenters. The van der Waals surface area contributed by atoms with Crippen LogP contribution in [0.15, 0.2) is 48.7 Å². The Balaban J connectivity index is 1.35. The summed E-state index contributed by atoms with van der Waals surface area (Å²) in [6.07, 6.45) is 3.18. The van der Waals surface area contributed by atoms with E-state index in [9.17, 15) is 0 Å². The minimum atomic E-state index is 0.418. The predicted molar refractivity (Wildman–Crippen MR) is 125 cm³/mol. The van der Waals surface area contributed by atoms with E-state index in [4.69, 9.17) is 4.98 Å². The normalized spacial score (nSPS) is 25.4. The molecule has 1 unspecified atom stereocenters. The van der Waals surface area contributed by atoms with Crippen molar-refractivity contribution in [2.45, 2.75) is 46.7 Å². The molecular formula is C26H36N4. The van der Waals surface area contributed by atoms with Crippen LogP contribution in [-0.4, -0.2) is 48.6 Å². The van der Waals surface area contributed by atoms with Gasteiger partial charge in [-0.25, -0.2) is 4.98 Å². The third-order valence-electron chi connectivity index (χ3n) is 8.65. The summed E-state index contributed by atoms with van der Waals surface area (Å²) in [6.45, 7) is 16.4. The molecule has 5 rings (SSSR count). The van der Waals surface area contributed by atoms with Gasteiger partial charge in [0.2, 0.25) is 0 Å². The number of piperazine rings is 1. The number of aromatic nitrogens is 1. The van der Waals surface area contributed by atoms with E-state index in [1.807, 2.05) is 6.20 Å². The van der Waals surface area contributed by atoms with Gasteiger partial charge < -0.3 is 9.80 Å². The Morgan fingerprint density at radius 2 is 1.70 bits per heavy atom. The van der Waals surface area contributed by atoms with E-state index in [1.54, 1.807) is 0 Å². The van der Waals surface area contributed by atoms with E-state index >= 15 is 0 Å². The molecule has 0 bridgehead atoms. The van der Waals surface area contributed by atoms with Crippen LogP contribution in [0.5, 0.6) is 0 Å². The summed E-state index contributed by atoms with van der Waals surface area (Å²) in [6, 6.07) is 15.8. The second kappa shape index (κ2) is 7.26. The van der Waals surface area contributed by atoms with Crippen LogP contribution in [0.2, 0.25) is 0 Å². The molecule has 0 N–H and O–H groups in total. The lowest BCUT2D eigenvalue weighted by atomic mass is 10.0. The van der Waals surface area contributed by atoms with Crippen LogP contribution in [0.1, 0.15) is 39.7 Å². The maximum Gasteiger partial charge on any atom is 0.152 e. The Labute approximate surface area is 181 Å². The summed E-state index contributed by atoms with van der Waals surface area (Å²) in [5, 5.41) is 0. The number of hydrogen-bond acceptors (Lipinski definition) is 4. The van der Waals surface area contributed by atoms with Crippen molar-refractivity contribution in [2.24, 2.45) is 16.7 Å². The van der Waals surface area contributed by atoms with Crippen molar-refractivity contribution >= 4 is 11.5 Å². The number of hydrogen-bond donors (Lipinski definition) is 0. The second-order valence-corrected chi connectivity index (χ2v) is 10.6. The van der Waals surface area contributed by atoms with Crippen molar-refractivity contribution in [3.63, 3.8) is 0 Å². The Hall–Kier alpha value is -2.07. The number of nitrogens with zero attached hydrogens (tertiary/aromatic N) is 4. The first-order valence-corrected chi connectivity index (χ1v) is 11.6. The molecule has 3 heterocycles. The van der Waals surface area contributed by atoms with E-state index in [2.05, 4.69) is 84.9 Å². The standard InChI is InChI=1S/C26H36N4/c1-25(2)23(26(25,3)4)19-29-14-12-21-18-28(17-20-9-6-5-7-10-20)15-16-30(21)24-22(29)11-8-13-27-24/h5-11,13,21,23H,12,14-19H2,1-4H3. The topological polar surface area (TPSA) is 22.6 Å². The molecule has 1 aromatic heterocycles. The van der Waals surface area contributed by atoms with Crippen LogP contribution in [0.4, 0.5) is 11.5 Å². The van der Waals surface area contributed by atoms with E-state index in [-0.39, 0.29) is 0 Å². The van der Waals surface area contributed by atoms with Crippen LogP contribution in [-0.2, 0) is 6.54 Å². The fourth-order valence-electron chi connectivity index (χ4n) is 5.91. The van der Waals surface area contributed by atoms with E-state index in [0.717, 1.165) is 45.2 Å². The predicted octanol–water partition coefficient (Wildman–Crippen LogP) is 4.66. The monoisotopic (exact) mass is 404 g/mol. The SMILES string of the molecule is CC1(C)C(CN2CCC3CN(Cc4ccccc4)CCN3c3ncccc32)C1(C)C. The summed E-state index contributed by atoms with van der Waals surface area (Å²) in [7, 11) is 0. The van der Waals surface area contributed by atoms with Crippen LogP contribution in [0, 0.1) is 16.7 Å². The summed E-state index contributed by atoms with van der Waals surface area (Å²) in [4.78, 5) is 12.8. The molecule has 0 spiro atoms. The minimum Gasteiger partial charge on any atom is -0.368 e. The molecule has 2 fully saturated rings. The summed E-state index contributed by atoms with van der Waals surface area (Å²) < 4.78 is 0. The van der Waals surface area contributed by atoms with Gasteiger partial charge in [0.25, 0.3) is 0 Å². The van der Waals surface area contributed by atoms with Crippen LogP contribution in [0.25, 0.3) is 0 Å². The first-order valence-electron chi connectivity index (χ1n) is 11.6. The minimum absolute atomic E-state index is 0.418. The van der Waals surface area contributed by atoms with Crippen molar-refractivity contribution in [1.29, 1.82) is 0 Å². The van der Waals surface area contributed by atoms with E-state index in [1.165, 1.54) is 23.5 Å². The number of fused-ring (bicyclic) bond motifs is 3. The molecule has 4 nitrogen and oxygen atoms in total. The average Bonchev–Trinajstić information content (AvgIpc) is 3.20. The maximum absolute atomic E-state index is 4.89. The molecule has 2 aliphatic heterocycles. The molecule has 1 aromatic carbocycles. The molecule has 4 heteroatoms. The molecule has 160 valence electrons. The van der Waals surface area contributed by atoms with Crippen LogP contribution >= 0.6 is 0 Å². The highest BCUT2D eigenvalue weighted by Crippen LogP contribution is 2.68. The molecule has 1 aliphatic carbocycles. The van der Waals surface area contributed by atoms with Gasteiger partial charge in [0.1, 0.15) is 0 Å².